The second kappa shape index (κ2) is 8.54. The minimum atomic E-state index is -0.822. The predicted molar refractivity (Wildman–Crippen MR) is 101 cm³/mol. The lowest BCUT2D eigenvalue weighted by molar-refractivity contribution is -0.140. The van der Waals surface area contributed by atoms with Gasteiger partial charge in [-0.2, -0.15) is 0 Å². The van der Waals surface area contributed by atoms with E-state index in [4.69, 9.17) is 14.6 Å². The fourth-order valence-corrected chi connectivity index (χ4v) is 4.01. The van der Waals surface area contributed by atoms with E-state index in [0.717, 1.165) is 31.4 Å². The zero-order valence-corrected chi connectivity index (χ0v) is 15.6. The van der Waals surface area contributed by atoms with E-state index in [1.165, 1.54) is 16.7 Å². The molecule has 2 aliphatic rings. The molecule has 0 fully saturated rings. The van der Waals surface area contributed by atoms with Crippen molar-refractivity contribution in [3.05, 3.63) is 58.9 Å². The maximum absolute atomic E-state index is 11.0. The van der Waals surface area contributed by atoms with E-state index in [0.29, 0.717) is 6.61 Å². The Morgan fingerprint density at radius 3 is 2.85 bits per heavy atom. The number of carboxylic acids is 1. The monoisotopic (exact) mass is 356 g/mol. The second-order valence-corrected chi connectivity index (χ2v) is 6.94. The first-order valence-corrected chi connectivity index (χ1v) is 9.61. The van der Waals surface area contributed by atoms with Crippen LogP contribution in [0.4, 0.5) is 0 Å². The van der Waals surface area contributed by atoms with E-state index in [-0.39, 0.29) is 24.5 Å². The lowest BCUT2D eigenvalue weighted by Crippen LogP contribution is -2.26. The van der Waals surface area contributed by atoms with Gasteiger partial charge in [-0.05, 0) is 61.4 Å². The van der Waals surface area contributed by atoms with Crippen molar-refractivity contribution in [2.45, 2.75) is 58.2 Å². The van der Waals surface area contributed by atoms with Crippen LogP contribution in [0.3, 0.4) is 0 Å². The fourth-order valence-electron chi connectivity index (χ4n) is 4.01. The molecule has 0 aliphatic heterocycles. The molecule has 1 aromatic carbocycles. The van der Waals surface area contributed by atoms with E-state index in [2.05, 4.69) is 31.2 Å². The highest BCUT2D eigenvalue weighted by Crippen LogP contribution is 2.38. The Kier molecular flexibility index (Phi) is 6.15. The SMILES string of the molecule is CCO[C@@H](CC(=O)O)C1C=CC(OC2CCc3c(CC)cccc32)=CC1. The van der Waals surface area contributed by atoms with Crippen molar-refractivity contribution < 1.29 is 19.4 Å². The summed E-state index contributed by atoms with van der Waals surface area (Å²) in [7, 11) is 0. The van der Waals surface area contributed by atoms with Crippen molar-refractivity contribution in [2.24, 2.45) is 5.92 Å². The number of carboxylic acid groups (broad SMARTS) is 1. The third-order valence-corrected chi connectivity index (χ3v) is 5.30. The summed E-state index contributed by atoms with van der Waals surface area (Å²) in [5.74, 6) is 0.143. The maximum Gasteiger partial charge on any atom is 0.306 e. The second-order valence-electron chi connectivity index (χ2n) is 6.94. The van der Waals surface area contributed by atoms with E-state index in [1.54, 1.807) is 0 Å². The highest BCUT2D eigenvalue weighted by atomic mass is 16.5. The summed E-state index contributed by atoms with van der Waals surface area (Å²) < 4.78 is 11.9. The minimum Gasteiger partial charge on any atom is -0.486 e. The molecule has 0 saturated carbocycles. The highest BCUT2D eigenvalue weighted by Gasteiger charge is 2.28. The molecule has 1 aromatic rings. The summed E-state index contributed by atoms with van der Waals surface area (Å²) in [5, 5.41) is 9.07. The molecule has 0 saturated heterocycles. The van der Waals surface area contributed by atoms with Gasteiger partial charge in [-0.25, -0.2) is 0 Å². The van der Waals surface area contributed by atoms with Gasteiger partial charge in [0.25, 0.3) is 0 Å². The number of fused-ring (bicyclic) bond motifs is 1. The molecular formula is C22H28O4. The van der Waals surface area contributed by atoms with Crippen LogP contribution >= 0.6 is 0 Å². The van der Waals surface area contributed by atoms with Crippen molar-refractivity contribution in [1.29, 1.82) is 0 Å². The molecule has 3 rings (SSSR count). The Balaban J connectivity index is 1.63. The summed E-state index contributed by atoms with van der Waals surface area (Å²) in [4.78, 5) is 11.0. The summed E-state index contributed by atoms with van der Waals surface area (Å²) in [6.45, 7) is 4.62. The topological polar surface area (TPSA) is 55.8 Å². The molecule has 0 radical (unpaired) electrons. The van der Waals surface area contributed by atoms with Gasteiger partial charge in [-0.3, -0.25) is 4.79 Å². The molecule has 0 aromatic heterocycles. The standard InChI is InChI=1S/C22H28O4/c1-3-15-6-5-7-19-18(15)12-13-20(19)26-17-10-8-16(9-11-17)21(25-4-2)14-22(23)24/h5-8,10-11,16,20-21H,3-4,9,12-14H2,1-2H3,(H,23,24)/t16?,20?,21-/m0/s1. The van der Waals surface area contributed by atoms with Crippen molar-refractivity contribution in [1.82, 2.24) is 0 Å². The summed E-state index contributed by atoms with van der Waals surface area (Å²) in [5.41, 5.74) is 4.20. The molecule has 4 nitrogen and oxygen atoms in total. The van der Waals surface area contributed by atoms with Crippen molar-refractivity contribution in [3.63, 3.8) is 0 Å². The van der Waals surface area contributed by atoms with Crippen LogP contribution in [0.15, 0.2) is 42.2 Å². The number of ether oxygens (including phenoxy) is 2. The third-order valence-electron chi connectivity index (χ3n) is 5.30. The van der Waals surface area contributed by atoms with Crippen molar-refractivity contribution in [3.8, 4) is 0 Å². The number of aliphatic carboxylic acids is 1. The molecule has 0 heterocycles. The van der Waals surface area contributed by atoms with Crippen LogP contribution in [-0.4, -0.2) is 23.8 Å². The normalized spacial score (nSPS) is 22.6. The molecular weight excluding hydrogens is 328 g/mol. The van der Waals surface area contributed by atoms with Crippen LogP contribution in [0.1, 0.15) is 55.9 Å². The Bertz CT molecular complexity index is 704. The van der Waals surface area contributed by atoms with Crippen LogP contribution in [0.2, 0.25) is 0 Å². The van der Waals surface area contributed by atoms with Crippen LogP contribution in [0.5, 0.6) is 0 Å². The molecule has 0 spiro atoms. The van der Waals surface area contributed by atoms with Gasteiger partial charge in [-0.1, -0.05) is 31.2 Å². The maximum atomic E-state index is 11.0. The van der Waals surface area contributed by atoms with Crippen LogP contribution in [-0.2, 0) is 27.1 Å². The number of benzene rings is 1. The zero-order chi connectivity index (χ0) is 18.5. The van der Waals surface area contributed by atoms with Gasteiger partial charge < -0.3 is 14.6 Å². The Hall–Kier alpha value is -2.07. The lowest BCUT2D eigenvalue weighted by atomic mass is 9.92. The molecule has 2 aliphatic carbocycles. The predicted octanol–water partition coefficient (Wildman–Crippen LogP) is 4.59. The summed E-state index contributed by atoms with van der Waals surface area (Å²) >= 11 is 0. The van der Waals surface area contributed by atoms with Crippen LogP contribution in [0, 0.1) is 5.92 Å². The molecule has 140 valence electrons. The van der Waals surface area contributed by atoms with Crippen molar-refractivity contribution >= 4 is 5.97 Å². The van der Waals surface area contributed by atoms with Crippen LogP contribution in [0.25, 0.3) is 0 Å². The first-order valence-electron chi connectivity index (χ1n) is 9.61. The Morgan fingerprint density at radius 2 is 2.19 bits per heavy atom. The van der Waals surface area contributed by atoms with Crippen LogP contribution < -0.4 is 0 Å². The number of hydrogen-bond acceptors (Lipinski definition) is 3. The Labute approximate surface area is 155 Å². The Morgan fingerprint density at radius 1 is 1.35 bits per heavy atom. The van der Waals surface area contributed by atoms with Gasteiger partial charge in [0.15, 0.2) is 0 Å². The summed E-state index contributed by atoms with van der Waals surface area (Å²) in [6, 6.07) is 6.51. The molecule has 2 unspecified atom stereocenters. The number of allylic oxidation sites excluding steroid dienone is 2. The molecule has 0 amide bonds. The van der Waals surface area contributed by atoms with Gasteiger partial charge >= 0.3 is 5.97 Å². The van der Waals surface area contributed by atoms with E-state index >= 15 is 0 Å². The van der Waals surface area contributed by atoms with Gasteiger partial charge in [-0.15, -0.1) is 0 Å². The minimum absolute atomic E-state index is 0.0304. The molecule has 1 N–H and O–H groups in total. The number of rotatable bonds is 8. The fraction of sp³-hybridized carbons (Fsp3) is 0.500. The number of aryl methyl sites for hydroxylation is 1. The molecule has 3 atom stereocenters. The average molecular weight is 356 g/mol. The van der Waals surface area contributed by atoms with E-state index < -0.39 is 5.97 Å². The first kappa shape index (κ1) is 18.7. The average Bonchev–Trinajstić information content (AvgIpc) is 3.05. The quantitative estimate of drug-likeness (QED) is 0.740. The largest absolute Gasteiger partial charge is 0.486 e. The zero-order valence-electron chi connectivity index (χ0n) is 15.6. The molecule has 26 heavy (non-hydrogen) atoms. The van der Waals surface area contributed by atoms with Gasteiger partial charge in [0, 0.05) is 12.5 Å². The number of carbonyl (C=O) groups is 1. The van der Waals surface area contributed by atoms with E-state index in [9.17, 15) is 4.79 Å². The molecule has 4 heteroatoms. The van der Waals surface area contributed by atoms with E-state index in [1.807, 2.05) is 19.1 Å². The smallest absolute Gasteiger partial charge is 0.306 e. The highest BCUT2D eigenvalue weighted by molar-refractivity contribution is 5.67. The number of hydrogen-bond donors (Lipinski definition) is 1. The van der Waals surface area contributed by atoms with Crippen molar-refractivity contribution in [2.75, 3.05) is 6.61 Å². The molecule has 0 bridgehead atoms. The summed E-state index contributed by atoms with van der Waals surface area (Å²) in [6.07, 6.45) is 9.84. The third kappa shape index (κ3) is 4.18. The van der Waals surface area contributed by atoms with Gasteiger partial charge in [0.05, 0.1) is 12.5 Å². The lowest BCUT2D eigenvalue weighted by Gasteiger charge is -2.26. The first-order chi connectivity index (χ1) is 12.6. The van der Waals surface area contributed by atoms with Gasteiger partial charge in [0.2, 0.25) is 0 Å². The van der Waals surface area contributed by atoms with Gasteiger partial charge in [0.1, 0.15) is 11.9 Å².